The lowest BCUT2D eigenvalue weighted by Crippen LogP contribution is -2.48. The molecule has 5 nitrogen and oxygen atoms in total. The summed E-state index contributed by atoms with van der Waals surface area (Å²) in [6.45, 7) is 0.880. The maximum atomic E-state index is 12.6. The zero-order valence-corrected chi connectivity index (χ0v) is 13.1. The van der Waals surface area contributed by atoms with Gasteiger partial charge in [0.05, 0.1) is 5.92 Å². The fourth-order valence-electron chi connectivity index (χ4n) is 2.47. The normalized spacial score (nSPS) is 17.2. The van der Waals surface area contributed by atoms with Crippen molar-refractivity contribution in [1.29, 1.82) is 0 Å². The molecule has 1 aromatic carbocycles. The van der Waals surface area contributed by atoms with Crippen LogP contribution in [0.5, 0.6) is 0 Å². The van der Waals surface area contributed by atoms with Crippen LogP contribution in [0.4, 0.5) is 10.5 Å². The van der Waals surface area contributed by atoms with Gasteiger partial charge in [-0.15, -0.1) is 0 Å². The number of hydrogen-bond donors (Lipinski definition) is 1. The van der Waals surface area contributed by atoms with Crippen molar-refractivity contribution in [2.24, 2.45) is 5.92 Å². The van der Waals surface area contributed by atoms with Gasteiger partial charge in [-0.3, -0.25) is 9.69 Å². The quantitative estimate of drug-likeness (QED) is 0.926. The van der Waals surface area contributed by atoms with E-state index >= 15 is 0 Å². The number of anilines is 1. The van der Waals surface area contributed by atoms with E-state index in [9.17, 15) is 14.7 Å². The Bertz CT molecular complexity index is 535. The summed E-state index contributed by atoms with van der Waals surface area (Å²) in [4.78, 5) is 27.1. The number of benzene rings is 1. The third-order valence-electron chi connectivity index (χ3n) is 3.69. The van der Waals surface area contributed by atoms with Crippen molar-refractivity contribution < 1.29 is 14.7 Å². The molecule has 1 heterocycles. The van der Waals surface area contributed by atoms with Crippen LogP contribution in [0.1, 0.15) is 5.56 Å². The van der Waals surface area contributed by atoms with E-state index in [2.05, 4.69) is 0 Å². The molecule has 0 radical (unpaired) electrons. The Morgan fingerprint density at radius 2 is 2.14 bits per heavy atom. The summed E-state index contributed by atoms with van der Waals surface area (Å²) in [5, 5.41) is 9.29. The summed E-state index contributed by atoms with van der Waals surface area (Å²) in [5.74, 6) is -0.535. The molecule has 1 aliphatic rings. The van der Waals surface area contributed by atoms with Gasteiger partial charge in [-0.05, 0) is 24.3 Å². The summed E-state index contributed by atoms with van der Waals surface area (Å²) in [6, 6.07) is 7.40. The molecule has 114 valence electrons. The predicted octanol–water partition coefficient (Wildman–Crippen LogP) is 2.16. The lowest BCUT2D eigenvalue weighted by Gasteiger charge is -2.35. The molecule has 1 aromatic rings. The largest absolute Gasteiger partial charge is 0.481 e. The maximum Gasteiger partial charge on any atom is 0.324 e. The standard InChI is InChI=1S/C15H20N2O3S/c1-16(7-8-21-2)15(20)17-10-12(14(18)19)9-11-5-3-4-6-13(11)17/h3-6,12H,7-10H2,1-2H3,(H,18,19). The van der Waals surface area contributed by atoms with Crippen molar-refractivity contribution in [2.75, 3.05) is 37.0 Å². The van der Waals surface area contributed by atoms with Crippen LogP contribution >= 0.6 is 11.8 Å². The number of thioether (sulfide) groups is 1. The lowest BCUT2D eigenvalue weighted by molar-refractivity contribution is -0.141. The monoisotopic (exact) mass is 308 g/mol. The number of urea groups is 1. The average molecular weight is 308 g/mol. The molecule has 1 atom stereocenters. The van der Waals surface area contributed by atoms with E-state index in [0.29, 0.717) is 13.0 Å². The van der Waals surface area contributed by atoms with Crippen LogP contribution in [0.15, 0.2) is 24.3 Å². The Morgan fingerprint density at radius 1 is 1.43 bits per heavy atom. The Morgan fingerprint density at radius 3 is 2.81 bits per heavy atom. The van der Waals surface area contributed by atoms with E-state index < -0.39 is 11.9 Å². The summed E-state index contributed by atoms with van der Waals surface area (Å²) >= 11 is 1.68. The van der Waals surface area contributed by atoms with E-state index in [1.807, 2.05) is 30.5 Å². The van der Waals surface area contributed by atoms with Gasteiger partial charge in [-0.1, -0.05) is 18.2 Å². The summed E-state index contributed by atoms with van der Waals surface area (Å²) in [6.07, 6.45) is 2.47. The van der Waals surface area contributed by atoms with Gasteiger partial charge in [0.2, 0.25) is 0 Å². The molecule has 1 N–H and O–H groups in total. The summed E-state index contributed by atoms with van der Waals surface area (Å²) < 4.78 is 0. The number of carboxylic acids is 1. The van der Waals surface area contributed by atoms with Gasteiger partial charge in [0.25, 0.3) is 0 Å². The third-order valence-corrected chi connectivity index (χ3v) is 4.28. The Labute approximate surface area is 128 Å². The summed E-state index contributed by atoms with van der Waals surface area (Å²) in [5.41, 5.74) is 1.75. The molecule has 1 aliphatic heterocycles. The van der Waals surface area contributed by atoms with Crippen molar-refractivity contribution >= 4 is 29.4 Å². The van der Waals surface area contributed by atoms with E-state index in [4.69, 9.17) is 0 Å². The fraction of sp³-hybridized carbons (Fsp3) is 0.467. The molecule has 0 saturated heterocycles. The number of para-hydroxylation sites is 1. The van der Waals surface area contributed by atoms with E-state index in [0.717, 1.165) is 17.0 Å². The average Bonchev–Trinajstić information content (AvgIpc) is 2.50. The zero-order chi connectivity index (χ0) is 15.4. The van der Waals surface area contributed by atoms with Crippen molar-refractivity contribution in [3.05, 3.63) is 29.8 Å². The molecular weight excluding hydrogens is 288 g/mol. The predicted molar refractivity (Wildman–Crippen MR) is 85.0 cm³/mol. The molecule has 0 fully saturated rings. The molecule has 0 aromatic heterocycles. The van der Waals surface area contributed by atoms with Gasteiger partial charge in [0, 0.05) is 31.6 Å². The van der Waals surface area contributed by atoms with Crippen LogP contribution in [0.2, 0.25) is 0 Å². The van der Waals surface area contributed by atoms with Crippen LogP contribution in [0.3, 0.4) is 0 Å². The maximum absolute atomic E-state index is 12.6. The van der Waals surface area contributed by atoms with Crippen molar-refractivity contribution in [3.63, 3.8) is 0 Å². The minimum absolute atomic E-state index is 0.137. The van der Waals surface area contributed by atoms with Crippen LogP contribution in [0.25, 0.3) is 0 Å². The van der Waals surface area contributed by atoms with Gasteiger partial charge in [0.15, 0.2) is 0 Å². The van der Waals surface area contributed by atoms with Crippen molar-refractivity contribution in [1.82, 2.24) is 4.90 Å². The molecule has 0 saturated carbocycles. The first kappa shape index (κ1) is 15.7. The number of aliphatic carboxylic acids is 1. The van der Waals surface area contributed by atoms with E-state index in [1.165, 1.54) is 0 Å². The highest BCUT2D eigenvalue weighted by Gasteiger charge is 2.33. The first-order chi connectivity index (χ1) is 10.0. The molecule has 0 spiro atoms. The second-order valence-electron chi connectivity index (χ2n) is 5.18. The van der Waals surface area contributed by atoms with E-state index in [-0.39, 0.29) is 12.6 Å². The molecule has 21 heavy (non-hydrogen) atoms. The highest BCUT2D eigenvalue weighted by molar-refractivity contribution is 7.98. The number of carbonyl (C=O) groups excluding carboxylic acids is 1. The highest BCUT2D eigenvalue weighted by atomic mass is 32.2. The van der Waals surface area contributed by atoms with Gasteiger partial charge < -0.3 is 10.0 Å². The van der Waals surface area contributed by atoms with Gasteiger partial charge in [-0.25, -0.2) is 4.79 Å². The first-order valence-corrected chi connectivity index (χ1v) is 8.26. The first-order valence-electron chi connectivity index (χ1n) is 6.87. The van der Waals surface area contributed by atoms with Crippen LogP contribution in [-0.4, -0.2) is 54.2 Å². The number of rotatable bonds is 4. The van der Waals surface area contributed by atoms with Crippen LogP contribution in [0, 0.1) is 5.92 Å². The SMILES string of the molecule is CSCCN(C)C(=O)N1CC(C(=O)O)Cc2ccccc21. The second-order valence-corrected chi connectivity index (χ2v) is 6.16. The Hall–Kier alpha value is -1.69. The third kappa shape index (κ3) is 3.50. The Kier molecular flexibility index (Phi) is 5.12. The van der Waals surface area contributed by atoms with Crippen molar-refractivity contribution in [2.45, 2.75) is 6.42 Å². The number of fused-ring (bicyclic) bond motifs is 1. The van der Waals surface area contributed by atoms with Crippen molar-refractivity contribution in [3.8, 4) is 0 Å². The van der Waals surface area contributed by atoms with Gasteiger partial charge in [0.1, 0.15) is 0 Å². The highest BCUT2D eigenvalue weighted by Crippen LogP contribution is 2.30. The number of nitrogens with zero attached hydrogens (tertiary/aromatic N) is 2. The Balaban J connectivity index is 2.24. The second kappa shape index (κ2) is 6.85. The number of amides is 2. The number of carboxylic acid groups (broad SMARTS) is 1. The lowest BCUT2D eigenvalue weighted by atomic mass is 9.93. The van der Waals surface area contributed by atoms with Crippen LogP contribution in [-0.2, 0) is 11.2 Å². The number of hydrogen-bond acceptors (Lipinski definition) is 3. The van der Waals surface area contributed by atoms with Gasteiger partial charge >= 0.3 is 12.0 Å². The minimum atomic E-state index is -0.853. The molecule has 2 amide bonds. The topological polar surface area (TPSA) is 60.9 Å². The molecule has 0 aliphatic carbocycles. The minimum Gasteiger partial charge on any atom is -0.481 e. The molecule has 6 heteroatoms. The molecular formula is C15H20N2O3S. The zero-order valence-electron chi connectivity index (χ0n) is 12.3. The molecule has 2 rings (SSSR count). The smallest absolute Gasteiger partial charge is 0.324 e. The van der Waals surface area contributed by atoms with E-state index in [1.54, 1.807) is 28.6 Å². The fourth-order valence-corrected chi connectivity index (χ4v) is 2.93. The molecule has 1 unspecified atom stereocenters. The summed E-state index contributed by atoms with van der Waals surface area (Å²) in [7, 11) is 1.76. The molecule has 0 bridgehead atoms. The van der Waals surface area contributed by atoms with Crippen LogP contribution < -0.4 is 4.90 Å². The number of carbonyl (C=O) groups is 2. The van der Waals surface area contributed by atoms with Gasteiger partial charge in [-0.2, -0.15) is 11.8 Å².